The van der Waals surface area contributed by atoms with E-state index in [1.54, 1.807) is 0 Å². The highest BCUT2D eigenvalue weighted by Crippen LogP contribution is 2.28. The van der Waals surface area contributed by atoms with Crippen LogP contribution in [0.4, 0.5) is 0 Å². The van der Waals surface area contributed by atoms with Crippen LogP contribution >= 0.6 is 0 Å². The summed E-state index contributed by atoms with van der Waals surface area (Å²) in [6, 6.07) is 8.65. The molecule has 1 atom stereocenters. The minimum atomic E-state index is 0.362. The molecule has 0 aromatic heterocycles. The predicted molar refractivity (Wildman–Crippen MR) is 61.3 cm³/mol. The smallest absolute Gasteiger partial charge is 0.0266 e. The van der Waals surface area contributed by atoms with Crippen molar-refractivity contribution in [1.82, 2.24) is 0 Å². The molecular formula is C14H14. The Morgan fingerprint density at radius 2 is 1.79 bits per heavy atom. The maximum Gasteiger partial charge on any atom is 0.0266 e. The molecule has 0 heteroatoms. The van der Waals surface area contributed by atoms with Crippen molar-refractivity contribution in [2.45, 2.75) is 12.8 Å². The zero-order valence-corrected chi connectivity index (χ0v) is 8.40. The molecule has 0 saturated heterocycles. The third-order valence-corrected chi connectivity index (χ3v) is 2.56. The summed E-state index contributed by atoms with van der Waals surface area (Å²) in [4.78, 5) is 0. The van der Waals surface area contributed by atoms with E-state index in [1.807, 2.05) is 6.08 Å². The van der Waals surface area contributed by atoms with Crippen molar-refractivity contribution in [3.8, 4) is 0 Å². The van der Waals surface area contributed by atoms with Crippen LogP contribution in [0.15, 0.2) is 60.7 Å². The molecule has 0 amide bonds. The Morgan fingerprint density at radius 3 is 2.43 bits per heavy atom. The molecule has 0 aliphatic heterocycles. The van der Waals surface area contributed by atoms with Crippen LogP contribution in [0.25, 0.3) is 0 Å². The molecule has 70 valence electrons. The Labute approximate surface area is 85.3 Å². The Balaban J connectivity index is 2.31. The minimum Gasteiger partial charge on any atom is -0.0949 e. The quantitative estimate of drug-likeness (QED) is 0.620. The first-order chi connectivity index (χ1) is 6.77. The van der Waals surface area contributed by atoms with E-state index < -0.39 is 0 Å². The number of hydrogen-bond acceptors (Lipinski definition) is 0. The molecule has 0 saturated carbocycles. The van der Waals surface area contributed by atoms with E-state index in [4.69, 9.17) is 0 Å². The summed E-state index contributed by atoms with van der Waals surface area (Å²) in [6.45, 7) is 6.16. The Hall–Kier alpha value is -1.56. The van der Waals surface area contributed by atoms with Gasteiger partial charge in [0, 0.05) is 5.92 Å². The lowest BCUT2D eigenvalue weighted by Crippen LogP contribution is -1.98. The lowest BCUT2D eigenvalue weighted by molar-refractivity contribution is 1.02. The molecule has 1 unspecified atom stereocenters. The average molecular weight is 182 g/mol. The normalized spacial score (nSPS) is 20.1. The van der Waals surface area contributed by atoms with E-state index in [0.29, 0.717) is 5.92 Å². The molecular weight excluding hydrogens is 168 g/mol. The van der Waals surface area contributed by atoms with Crippen LogP contribution in [-0.4, -0.2) is 0 Å². The molecule has 14 heavy (non-hydrogen) atoms. The second-order valence-corrected chi connectivity index (χ2v) is 3.71. The zero-order chi connectivity index (χ0) is 9.97. The van der Waals surface area contributed by atoms with E-state index in [-0.39, 0.29) is 0 Å². The molecule has 2 rings (SSSR count). The Bertz CT molecular complexity index is 391. The molecule has 0 nitrogen and oxygen atoms in total. The fraction of sp³-hybridized carbons (Fsp3) is 0.143. The van der Waals surface area contributed by atoms with Crippen LogP contribution in [-0.2, 0) is 0 Å². The van der Waals surface area contributed by atoms with Crippen molar-refractivity contribution in [1.29, 1.82) is 0 Å². The van der Waals surface area contributed by atoms with Gasteiger partial charge in [0.05, 0.1) is 0 Å². The van der Waals surface area contributed by atoms with E-state index in [1.165, 1.54) is 11.1 Å². The summed E-state index contributed by atoms with van der Waals surface area (Å²) in [5.74, 6) is 0.362. The fourth-order valence-corrected chi connectivity index (χ4v) is 1.68. The molecule has 1 aromatic carbocycles. The van der Waals surface area contributed by atoms with Crippen molar-refractivity contribution in [3.63, 3.8) is 0 Å². The maximum absolute atomic E-state index is 4.06. The van der Waals surface area contributed by atoms with Gasteiger partial charge in [-0.15, -0.1) is 0 Å². The summed E-state index contributed by atoms with van der Waals surface area (Å²) in [7, 11) is 0. The van der Waals surface area contributed by atoms with Crippen LogP contribution in [0.1, 0.15) is 17.0 Å². The van der Waals surface area contributed by atoms with E-state index in [2.05, 4.69) is 56.0 Å². The van der Waals surface area contributed by atoms with Gasteiger partial charge in [0.25, 0.3) is 0 Å². The van der Waals surface area contributed by atoms with E-state index in [9.17, 15) is 0 Å². The highest BCUT2D eigenvalue weighted by molar-refractivity contribution is 5.42. The van der Waals surface area contributed by atoms with Crippen molar-refractivity contribution < 1.29 is 0 Å². The third kappa shape index (κ3) is 1.69. The summed E-state index contributed by atoms with van der Waals surface area (Å²) >= 11 is 0. The first kappa shape index (κ1) is 9.01. The molecule has 0 radical (unpaired) electrons. The van der Waals surface area contributed by atoms with Crippen molar-refractivity contribution in [2.75, 3.05) is 0 Å². The number of aryl methyl sites for hydroxylation is 1. The molecule has 1 aliphatic rings. The number of benzene rings is 1. The summed E-state index contributed by atoms with van der Waals surface area (Å²) in [6.07, 6.45) is 8.38. The molecule has 1 aromatic rings. The molecule has 0 spiro atoms. The molecule has 0 bridgehead atoms. The zero-order valence-electron chi connectivity index (χ0n) is 8.40. The predicted octanol–water partition coefficient (Wildman–Crippen LogP) is 3.76. The largest absolute Gasteiger partial charge is 0.0949 e. The van der Waals surface area contributed by atoms with Gasteiger partial charge in [-0.3, -0.25) is 0 Å². The lowest BCUT2D eigenvalue weighted by atomic mass is 9.88. The maximum atomic E-state index is 4.06. The van der Waals surface area contributed by atoms with Crippen LogP contribution in [0.5, 0.6) is 0 Å². The fourth-order valence-electron chi connectivity index (χ4n) is 1.68. The monoisotopic (exact) mass is 182 g/mol. The third-order valence-electron chi connectivity index (χ3n) is 2.56. The Morgan fingerprint density at radius 1 is 1.07 bits per heavy atom. The number of allylic oxidation sites excluding steroid dienone is 5. The summed E-state index contributed by atoms with van der Waals surface area (Å²) in [5.41, 5.74) is 3.78. The minimum absolute atomic E-state index is 0.362. The second-order valence-electron chi connectivity index (χ2n) is 3.71. The van der Waals surface area contributed by atoms with Gasteiger partial charge in [-0.1, -0.05) is 60.7 Å². The van der Waals surface area contributed by atoms with Crippen LogP contribution < -0.4 is 0 Å². The lowest BCUT2D eigenvalue weighted by Gasteiger charge is -2.16. The SMILES string of the molecule is C=C1C=CC=CC1c1ccc(C)cc1. The van der Waals surface area contributed by atoms with Gasteiger partial charge in [0.2, 0.25) is 0 Å². The van der Waals surface area contributed by atoms with Crippen molar-refractivity contribution in [3.05, 3.63) is 71.8 Å². The highest BCUT2D eigenvalue weighted by atomic mass is 14.1. The van der Waals surface area contributed by atoms with E-state index >= 15 is 0 Å². The molecule has 1 aliphatic carbocycles. The molecule has 0 heterocycles. The highest BCUT2D eigenvalue weighted by Gasteiger charge is 2.10. The molecule has 0 fully saturated rings. The van der Waals surface area contributed by atoms with Gasteiger partial charge in [-0.2, -0.15) is 0 Å². The number of hydrogen-bond donors (Lipinski definition) is 0. The Kier molecular flexibility index (Phi) is 2.36. The van der Waals surface area contributed by atoms with Gasteiger partial charge in [0.15, 0.2) is 0 Å². The van der Waals surface area contributed by atoms with Crippen molar-refractivity contribution >= 4 is 0 Å². The van der Waals surface area contributed by atoms with Gasteiger partial charge < -0.3 is 0 Å². The van der Waals surface area contributed by atoms with Gasteiger partial charge in [-0.25, -0.2) is 0 Å². The van der Waals surface area contributed by atoms with Crippen LogP contribution in [0.2, 0.25) is 0 Å². The van der Waals surface area contributed by atoms with Crippen molar-refractivity contribution in [2.24, 2.45) is 0 Å². The molecule has 0 N–H and O–H groups in total. The summed E-state index contributed by atoms with van der Waals surface area (Å²) < 4.78 is 0. The topological polar surface area (TPSA) is 0 Å². The van der Waals surface area contributed by atoms with E-state index in [0.717, 1.165) is 5.57 Å². The first-order valence-corrected chi connectivity index (χ1v) is 4.87. The van der Waals surface area contributed by atoms with Gasteiger partial charge in [0.1, 0.15) is 0 Å². The van der Waals surface area contributed by atoms with Gasteiger partial charge >= 0.3 is 0 Å². The standard InChI is InChI=1S/C14H14/c1-11-7-9-13(10-8-11)14-6-4-3-5-12(14)2/h3-10,14H,2H2,1H3. The van der Waals surface area contributed by atoms with Crippen LogP contribution in [0.3, 0.4) is 0 Å². The average Bonchev–Trinajstić information content (AvgIpc) is 2.20. The second kappa shape index (κ2) is 3.67. The first-order valence-electron chi connectivity index (χ1n) is 4.87. The number of rotatable bonds is 1. The summed E-state index contributed by atoms with van der Waals surface area (Å²) in [5, 5.41) is 0. The van der Waals surface area contributed by atoms with Gasteiger partial charge in [-0.05, 0) is 18.1 Å². The van der Waals surface area contributed by atoms with Crippen LogP contribution in [0, 0.1) is 6.92 Å².